The summed E-state index contributed by atoms with van der Waals surface area (Å²) in [5.41, 5.74) is 0.697. The van der Waals surface area contributed by atoms with Gasteiger partial charge in [-0.2, -0.15) is 0 Å². The van der Waals surface area contributed by atoms with Gasteiger partial charge in [0.15, 0.2) is 0 Å². The van der Waals surface area contributed by atoms with Crippen LogP contribution in [0.1, 0.15) is 48.7 Å². The summed E-state index contributed by atoms with van der Waals surface area (Å²) in [7, 11) is 2.00. The van der Waals surface area contributed by atoms with Gasteiger partial charge in [0.25, 0.3) is 0 Å². The van der Waals surface area contributed by atoms with E-state index in [-0.39, 0.29) is 5.56 Å². The minimum absolute atomic E-state index is 0.175. The number of aromatic carboxylic acids is 1. The van der Waals surface area contributed by atoms with Crippen molar-refractivity contribution in [1.29, 1.82) is 0 Å². The number of carboxylic acids is 1. The third-order valence-electron chi connectivity index (χ3n) is 4.05. The molecule has 0 bridgehead atoms. The summed E-state index contributed by atoms with van der Waals surface area (Å²) in [5.74, 6) is 0.460. The zero-order chi connectivity index (χ0) is 14.0. The Kier molecular flexibility index (Phi) is 4.02. The van der Waals surface area contributed by atoms with Crippen molar-refractivity contribution < 1.29 is 9.90 Å². The lowest BCUT2D eigenvalue weighted by Crippen LogP contribution is -2.36. The maximum Gasteiger partial charge on any atom is 0.339 e. The normalized spacial score (nSPS) is 23.1. The molecule has 5 heteroatoms. The lowest BCUT2D eigenvalue weighted by Gasteiger charge is -2.33. The molecule has 0 aliphatic heterocycles. The molecule has 1 aromatic rings. The van der Waals surface area contributed by atoms with E-state index in [9.17, 15) is 4.79 Å². The minimum Gasteiger partial charge on any atom is -0.478 e. The summed E-state index contributed by atoms with van der Waals surface area (Å²) in [6, 6.07) is 0.464. The van der Waals surface area contributed by atoms with Crippen molar-refractivity contribution in [1.82, 2.24) is 9.97 Å². The fourth-order valence-electron chi connectivity index (χ4n) is 2.63. The average Bonchev–Trinajstić information content (AvgIpc) is 2.38. The van der Waals surface area contributed by atoms with E-state index < -0.39 is 5.97 Å². The van der Waals surface area contributed by atoms with Gasteiger partial charge in [-0.25, -0.2) is 14.8 Å². The Morgan fingerprint density at radius 3 is 2.53 bits per heavy atom. The van der Waals surface area contributed by atoms with Gasteiger partial charge < -0.3 is 10.0 Å². The second kappa shape index (κ2) is 5.55. The highest BCUT2D eigenvalue weighted by Crippen LogP contribution is 2.28. The van der Waals surface area contributed by atoms with Gasteiger partial charge in [0.1, 0.15) is 0 Å². The summed E-state index contributed by atoms with van der Waals surface area (Å²) >= 11 is 0. The molecule has 1 aliphatic carbocycles. The van der Waals surface area contributed by atoms with Gasteiger partial charge >= 0.3 is 5.97 Å². The van der Waals surface area contributed by atoms with Crippen LogP contribution in [0.15, 0.2) is 6.20 Å². The van der Waals surface area contributed by atoms with Crippen LogP contribution in [-0.2, 0) is 0 Å². The number of hydrogen-bond acceptors (Lipinski definition) is 4. The molecule has 0 radical (unpaired) electrons. The van der Waals surface area contributed by atoms with Gasteiger partial charge in [-0.05, 0) is 38.5 Å². The molecule has 1 aromatic heterocycles. The Balaban J connectivity index is 2.13. The van der Waals surface area contributed by atoms with Gasteiger partial charge in [0.05, 0.1) is 11.3 Å². The van der Waals surface area contributed by atoms with Crippen molar-refractivity contribution in [2.45, 2.75) is 45.6 Å². The summed E-state index contributed by atoms with van der Waals surface area (Å²) < 4.78 is 0. The molecule has 0 unspecified atom stereocenters. The van der Waals surface area contributed by atoms with Crippen LogP contribution in [0.4, 0.5) is 5.95 Å². The summed E-state index contributed by atoms with van der Waals surface area (Å²) in [4.78, 5) is 21.5. The predicted molar refractivity (Wildman–Crippen MR) is 73.6 cm³/mol. The van der Waals surface area contributed by atoms with Crippen LogP contribution in [0.5, 0.6) is 0 Å². The third-order valence-corrected chi connectivity index (χ3v) is 4.05. The van der Waals surface area contributed by atoms with E-state index in [4.69, 9.17) is 5.11 Å². The molecule has 0 saturated heterocycles. The van der Waals surface area contributed by atoms with Gasteiger partial charge in [0, 0.05) is 19.3 Å². The third kappa shape index (κ3) is 3.03. The average molecular weight is 263 g/mol. The number of hydrogen-bond donors (Lipinski definition) is 1. The molecule has 0 aromatic carbocycles. The zero-order valence-corrected chi connectivity index (χ0v) is 11.8. The number of aromatic nitrogens is 2. The molecule has 0 spiro atoms. The van der Waals surface area contributed by atoms with E-state index >= 15 is 0 Å². The van der Waals surface area contributed by atoms with Crippen LogP contribution in [0.3, 0.4) is 0 Å². The number of rotatable bonds is 3. The van der Waals surface area contributed by atoms with Gasteiger partial charge in [-0.3, -0.25) is 0 Å². The highest BCUT2D eigenvalue weighted by atomic mass is 16.4. The van der Waals surface area contributed by atoms with Crippen LogP contribution in [0.2, 0.25) is 0 Å². The quantitative estimate of drug-likeness (QED) is 0.907. The molecule has 1 fully saturated rings. The lowest BCUT2D eigenvalue weighted by atomic mass is 9.87. The summed E-state index contributed by atoms with van der Waals surface area (Å²) in [5, 5.41) is 8.98. The van der Waals surface area contributed by atoms with Gasteiger partial charge in [-0.1, -0.05) is 6.92 Å². The highest BCUT2D eigenvalue weighted by Gasteiger charge is 2.23. The maximum atomic E-state index is 10.9. The zero-order valence-electron chi connectivity index (χ0n) is 11.8. The molecule has 0 atom stereocenters. The number of carboxylic acid groups (broad SMARTS) is 1. The maximum absolute atomic E-state index is 10.9. The number of carbonyl (C=O) groups is 1. The first-order chi connectivity index (χ1) is 8.99. The van der Waals surface area contributed by atoms with Gasteiger partial charge in [0.2, 0.25) is 5.95 Å². The monoisotopic (exact) mass is 263 g/mol. The molecule has 1 saturated carbocycles. The number of aryl methyl sites for hydroxylation is 1. The van der Waals surface area contributed by atoms with E-state index in [0.29, 0.717) is 17.7 Å². The first kappa shape index (κ1) is 13.8. The Bertz CT molecular complexity index is 468. The molecule has 5 nitrogen and oxygen atoms in total. The van der Waals surface area contributed by atoms with E-state index in [1.165, 1.54) is 19.0 Å². The van der Waals surface area contributed by atoms with Crippen LogP contribution in [-0.4, -0.2) is 34.1 Å². The van der Waals surface area contributed by atoms with Crippen molar-refractivity contribution in [3.63, 3.8) is 0 Å². The second-order valence-electron chi connectivity index (χ2n) is 5.50. The lowest BCUT2D eigenvalue weighted by molar-refractivity contribution is 0.0695. The van der Waals surface area contributed by atoms with Crippen molar-refractivity contribution >= 4 is 11.9 Å². The fraction of sp³-hybridized carbons (Fsp3) is 0.643. The van der Waals surface area contributed by atoms with Crippen molar-refractivity contribution in [2.75, 3.05) is 11.9 Å². The standard InChI is InChI=1S/C14H21N3O2/c1-9-4-6-11(7-5-9)17(3)14-15-8-12(13(18)19)10(2)16-14/h8-9,11H,4-7H2,1-3H3,(H,18,19). The largest absolute Gasteiger partial charge is 0.478 e. The smallest absolute Gasteiger partial charge is 0.339 e. The molecular formula is C14H21N3O2. The molecular weight excluding hydrogens is 242 g/mol. The molecule has 1 heterocycles. The minimum atomic E-state index is -0.974. The van der Waals surface area contributed by atoms with E-state index in [2.05, 4.69) is 21.8 Å². The van der Waals surface area contributed by atoms with E-state index in [1.54, 1.807) is 6.92 Å². The van der Waals surface area contributed by atoms with E-state index in [0.717, 1.165) is 18.8 Å². The molecule has 2 rings (SSSR count). The summed E-state index contributed by atoms with van der Waals surface area (Å²) in [6.07, 6.45) is 6.19. The van der Waals surface area contributed by atoms with E-state index in [1.807, 2.05) is 7.05 Å². The molecule has 104 valence electrons. The van der Waals surface area contributed by atoms with Crippen molar-refractivity contribution in [3.8, 4) is 0 Å². The van der Waals surface area contributed by atoms with Crippen LogP contribution >= 0.6 is 0 Å². The first-order valence-electron chi connectivity index (χ1n) is 6.78. The summed E-state index contributed by atoms with van der Waals surface area (Å²) in [6.45, 7) is 4.00. The second-order valence-corrected chi connectivity index (χ2v) is 5.50. The Morgan fingerprint density at radius 1 is 1.37 bits per heavy atom. The topological polar surface area (TPSA) is 66.3 Å². The first-order valence-corrected chi connectivity index (χ1v) is 6.78. The Labute approximate surface area is 113 Å². The number of nitrogens with zero attached hydrogens (tertiary/aromatic N) is 3. The van der Waals surface area contributed by atoms with Gasteiger partial charge in [-0.15, -0.1) is 0 Å². The highest BCUT2D eigenvalue weighted by molar-refractivity contribution is 5.88. The molecule has 19 heavy (non-hydrogen) atoms. The van der Waals surface area contributed by atoms with Crippen molar-refractivity contribution in [3.05, 3.63) is 17.5 Å². The van der Waals surface area contributed by atoms with Crippen LogP contribution in [0.25, 0.3) is 0 Å². The fourth-order valence-corrected chi connectivity index (χ4v) is 2.63. The molecule has 1 N–H and O–H groups in total. The Hall–Kier alpha value is -1.65. The van der Waals surface area contributed by atoms with Crippen LogP contribution in [0, 0.1) is 12.8 Å². The Morgan fingerprint density at radius 2 is 2.00 bits per heavy atom. The number of anilines is 1. The predicted octanol–water partition coefficient (Wildman–Crippen LogP) is 2.50. The van der Waals surface area contributed by atoms with Crippen LogP contribution < -0.4 is 4.90 Å². The molecule has 0 amide bonds. The van der Waals surface area contributed by atoms with Crippen molar-refractivity contribution in [2.24, 2.45) is 5.92 Å². The SMILES string of the molecule is Cc1nc(N(C)C2CCC(C)CC2)ncc1C(=O)O. The molecule has 1 aliphatic rings.